The minimum atomic E-state index is -4.61. The van der Waals surface area contributed by atoms with E-state index in [4.69, 9.17) is 19.1 Å². The number of aliphatic hydroxyl groups excluding tert-OH is 2. The average Bonchev–Trinajstić information content (AvgIpc) is 3.10. The topological polar surface area (TPSA) is 149 Å². The highest BCUT2D eigenvalue weighted by molar-refractivity contribution is 7.47. The Balaban J connectivity index is 4.36. The van der Waals surface area contributed by atoms with Gasteiger partial charge < -0.3 is 24.6 Å². The van der Waals surface area contributed by atoms with Crippen molar-refractivity contribution >= 4 is 19.8 Å². The Kier molecular flexibility index (Phi) is 34.7. The summed E-state index contributed by atoms with van der Waals surface area (Å²) in [5, 5.41) is 18.3. The summed E-state index contributed by atoms with van der Waals surface area (Å²) in [6.45, 7) is 2.33. The van der Waals surface area contributed by atoms with Crippen LogP contribution in [0.1, 0.15) is 174 Å². The average molecular weight is 733 g/mol. The molecule has 0 bridgehead atoms. The Morgan fingerprint density at radius 1 is 0.600 bits per heavy atom. The zero-order valence-electron chi connectivity index (χ0n) is 31.6. The Labute approximate surface area is 304 Å². The van der Waals surface area contributed by atoms with Gasteiger partial charge in [0, 0.05) is 12.8 Å². The van der Waals surface area contributed by atoms with Crippen molar-refractivity contribution in [2.75, 3.05) is 26.4 Å². The number of unbranched alkanes of at least 4 members (excludes halogenated alkanes) is 20. The molecule has 0 saturated carbocycles. The molecule has 3 atom stereocenters. The standard InChI is InChI=1S/C39H73O10P/c1-3-5-7-9-11-13-15-17-18-19-21-22-24-26-28-30-38(42)46-34-37(35-48-50(44,45)47-33-36(41)32-40)49-39(43)31-29-27-25-23-20-16-14-12-10-8-6-4-2/h13,15,17-18,36-37,40-41H,3-12,14,16,19-35H2,1-2H3,(H,44,45)/b15-13+,18-17+/t36-,37+/m0/s1. The number of ether oxygens (including phenoxy) is 2. The lowest BCUT2D eigenvalue weighted by Gasteiger charge is -2.20. The van der Waals surface area contributed by atoms with Gasteiger partial charge in [-0.05, 0) is 38.5 Å². The van der Waals surface area contributed by atoms with Gasteiger partial charge in [-0.3, -0.25) is 18.6 Å². The molecule has 50 heavy (non-hydrogen) atoms. The molecule has 1 unspecified atom stereocenters. The summed E-state index contributed by atoms with van der Waals surface area (Å²) in [6.07, 6.45) is 32.8. The summed E-state index contributed by atoms with van der Waals surface area (Å²) in [6, 6.07) is 0. The first-order valence-corrected chi connectivity index (χ1v) is 21.3. The second-order valence-corrected chi connectivity index (χ2v) is 14.8. The minimum Gasteiger partial charge on any atom is -0.462 e. The van der Waals surface area contributed by atoms with Crippen LogP contribution in [0.2, 0.25) is 0 Å². The predicted molar refractivity (Wildman–Crippen MR) is 201 cm³/mol. The van der Waals surface area contributed by atoms with E-state index >= 15 is 0 Å². The van der Waals surface area contributed by atoms with E-state index in [2.05, 4.69) is 42.7 Å². The van der Waals surface area contributed by atoms with E-state index in [0.29, 0.717) is 12.8 Å². The predicted octanol–water partition coefficient (Wildman–Crippen LogP) is 9.83. The van der Waals surface area contributed by atoms with Crippen LogP contribution in [-0.4, -0.2) is 65.7 Å². The molecule has 0 aliphatic rings. The molecule has 0 aromatic carbocycles. The zero-order chi connectivity index (χ0) is 37.0. The molecule has 0 aliphatic carbocycles. The Hall–Kier alpha value is -1.55. The SMILES string of the molecule is CCCCCC/C=C/C=C/CCCCCCCC(=O)OC[C@H](COP(=O)(O)OC[C@@H](O)CO)OC(=O)CCCCCCCCCCCCCC. The minimum absolute atomic E-state index is 0.184. The molecule has 0 aromatic heterocycles. The van der Waals surface area contributed by atoms with E-state index in [1.165, 1.54) is 77.0 Å². The van der Waals surface area contributed by atoms with Crippen molar-refractivity contribution in [3.05, 3.63) is 24.3 Å². The molecule has 0 heterocycles. The molecule has 294 valence electrons. The molecule has 0 rings (SSSR count). The van der Waals surface area contributed by atoms with Crippen LogP contribution in [0.25, 0.3) is 0 Å². The fourth-order valence-corrected chi connectivity index (χ4v) is 6.07. The molecule has 0 spiro atoms. The quantitative estimate of drug-likeness (QED) is 0.0244. The first-order valence-electron chi connectivity index (χ1n) is 19.8. The molecule has 0 radical (unpaired) electrons. The van der Waals surface area contributed by atoms with Gasteiger partial charge in [-0.2, -0.15) is 0 Å². The Morgan fingerprint density at radius 3 is 1.52 bits per heavy atom. The molecule has 10 nitrogen and oxygen atoms in total. The van der Waals surface area contributed by atoms with Gasteiger partial charge in [0.1, 0.15) is 12.7 Å². The molecule has 0 aliphatic heterocycles. The lowest BCUT2D eigenvalue weighted by Crippen LogP contribution is -2.29. The van der Waals surface area contributed by atoms with Crippen LogP contribution >= 0.6 is 7.82 Å². The van der Waals surface area contributed by atoms with Crippen molar-refractivity contribution < 1.29 is 47.8 Å². The molecule has 0 amide bonds. The monoisotopic (exact) mass is 732 g/mol. The second kappa shape index (κ2) is 35.8. The van der Waals surface area contributed by atoms with E-state index in [1.54, 1.807) is 0 Å². The van der Waals surface area contributed by atoms with Crippen LogP contribution in [-0.2, 0) is 32.7 Å². The molecule has 3 N–H and O–H groups in total. The van der Waals surface area contributed by atoms with Gasteiger partial charge in [0.2, 0.25) is 0 Å². The number of esters is 2. The lowest BCUT2D eigenvalue weighted by molar-refractivity contribution is -0.161. The largest absolute Gasteiger partial charge is 0.472 e. The van der Waals surface area contributed by atoms with E-state index in [0.717, 1.165) is 57.8 Å². The number of aliphatic hydroxyl groups is 2. The highest BCUT2D eigenvalue weighted by Crippen LogP contribution is 2.43. The zero-order valence-corrected chi connectivity index (χ0v) is 32.5. The highest BCUT2D eigenvalue weighted by atomic mass is 31.2. The van der Waals surface area contributed by atoms with Gasteiger partial charge in [-0.25, -0.2) is 4.57 Å². The van der Waals surface area contributed by atoms with Crippen molar-refractivity contribution in [1.29, 1.82) is 0 Å². The van der Waals surface area contributed by atoms with Crippen molar-refractivity contribution in [2.45, 2.75) is 187 Å². The van der Waals surface area contributed by atoms with Crippen LogP contribution in [0.15, 0.2) is 24.3 Å². The van der Waals surface area contributed by atoms with E-state index in [1.807, 2.05) is 0 Å². The number of carbonyl (C=O) groups is 2. The van der Waals surface area contributed by atoms with Gasteiger partial charge in [-0.15, -0.1) is 0 Å². The van der Waals surface area contributed by atoms with E-state index in [9.17, 15) is 24.2 Å². The fourth-order valence-electron chi connectivity index (χ4n) is 5.28. The molecule has 0 aromatic rings. The molecule has 11 heteroatoms. The molecule has 0 saturated heterocycles. The van der Waals surface area contributed by atoms with Crippen molar-refractivity contribution in [3.63, 3.8) is 0 Å². The maximum Gasteiger partial charge on any atom is 0.472 e. The summed E-state index contributed by atoms with van der Waals surface area (Å²) < 4.78 is 32.6. The number of carbonyl (C=O) groups excluding carboxylic acids is 2. The summed E-state index contributed by atoms with van der Waals surface area (Å²) in [7, 11) is -4.61. The molecule has 0 fully saturated rings. The van der Waals surface area contributed by atoms with Gasteiger partial charge in [0.25, 0.3) is 0 Å². The summed E-state index contributed by atoms with van der Waals surface area (Å²) in [4.78, 5) is 34.8. The Bertz CT molecular complexity index is 894. The van der Waals surface area contributed by atoms with Gasteiger partial charge in [-0.1, -0.05) is 147 Å². The second-order valence-electron chi connectivity index (χ2n) is 13.3. The summed E-state index contributed by atoms with van der Waals surface area (Å²) >= 11 is 0. The molecular formula is C39H73O10P. The number of phosphoric acid groups is 1. The number of hydrogen-bond acceptors (Lipinski definition) is 9. The first-order chi connectivity index (χ1) is 24.2. The maximum absolute atomic E-state index is 12.5. The van der Waals surface area contributed by atoms with Gasteiger partial charge in [0.15, 0.2) is 6.10 Å². The molecular weight excluding hydrogens is 659 g/mol. The maximum atomic E-state index is 12.5. The Morgan fingerprint density at radius 2 is 1.02 bits per heavy atom. The van der Waals surface area contributed by atoms with Crippen molar-refractivity contribution in [3.8, 4) is 0 Å². The third-order valence-corrected chi connectivity index (χ3v) is 9.34. The summed E-state index contributed by atoms with van der Waals surface area (Å²) in [5.74, 6) is -0.940. The number of phosphoric ester groups is 1. The first kappa shape index (κ1) is 48.5. The smallest absolute Gasteiger partial charge is 0.462 e. The van der Waals surface area contributed by atoms with E-state index < -0.39 is 51.8 Å². The van der Waals surface area contributed by atoms with Crippen LogP contribution in [0.4, 0.5) is 0 Å². The summed E-state index contributed by atoms with van der Waals surface area (Å²) in [5.41, 5.74) is 0. The van der Waals surface area contributed by atoms with Crippen LogP contribution in [0.5, 0.6) is 0 Å². The van der Waals surface area contributed by atoms with Crippen molar-refractivity contribution in [1.82, 2.24) is 0 Å². The van der Waals surface area contributed by atoms with E-state index in [-0.39, 0.29) is 19.4 Å². The normalized spacial score (nSPS) is 14.3. The third kappa shape index (κ3) is 34.9. The van der Waals surface area contributed by atoms with Crippen LogP contribution in [0.3, 0.4) is 0 Å². The number of rotatable bonds is 37. The number of hydrogen-bond donors (Lipinski definition) is 3. The fraction of sp³-hybridized carbons (Fsp3) is 0.846. The lowest BCUT2D eigenvalue weighted by atomic mass is 10.0. The van der Waals surface area contributed by atoms with Gasteiger partial charge in [0.05, 0.1) is 19.8 Å². The van der Waals surface area contributed by atoms with Crippen LogP contribution in [0, 0.1) is 0 Å². The van der Waals surface area contributed by atoms with Gasteiger partial charge >= 0.3 is 19.8 Å². The van der Waals surface area contributed by atoms with Crippen LogP contribution < -0.4 is 0 Å². The van der Waals surface area contributed by atoms with Crippen molar-refractivity contribution in [2.24, 2.45) is 0 Å². The highest BCUT2D eigenvalue weighted by Gasteiger charge is 2.27. The third-order valence-electron chi connectivity index (χ3n) is 8.39. The number of allylic oxidation sites excluding steroid dienone is 4.